The summed E-state index contributed by atoms with van der Waals surface area (Å²) in [5, 5.41) is 2.61. The number of carbonyl (C=O) groups excluding carboxylic acids is 3. The number of benzene rings is 1. The number of rotatable bonds is 4. The average Bonchev–Trinajstić information content (AvgIpc) is 2.51. The number of hydrogen-bond donors (Lipinski definition) is 1. The van der Waals surface area contributed by atoms with Crippen LogP contribution in [-0.2, 0) is 19.1 Å². The molecule has 0 aliphatic carbocycles. The molecule has 1 N–H and O–H groups in total. The summed E-state index contributed by atoms with van der Waals surface area (Å²) in [5.41, 5.74) is 0.909. The molecular weight excluding hydrogens is 312 g/mol. The molecule has 7 heteroatoms. The lowest BCUT2D eigenvalue weighted by Crippen LogP contribution is -2.49. The third-order valence-corrected chi connectivity index (χ3v) is 3.54. The fourth-order valence-corrected chi connectivity index (χ4v) is 2.58. The van der Waals surface area contributed by atoms with Crippen molar-refractivity contribution in [2.45, 2.75) is 33.0 Å². The van der Waals surface area contributed by atoms with Crippen LogP contribution in [0.2, 0.25) is 0 Å². The van der Waals surface area contributed by atoms with Crippen molar-refractivity contribution < 1.29 is 23.9 Å². The van der Waals surface area contributed by atoms with Crippen LogP contribution >= 0.6 is 0 Å². The van der Waals surface area contributed by atoms with Gasteiger partial charge >= 0.3 is 5.97 Å². The highest BCUT2D eigenvalue weighted by Crippen LogP contribution is 2.12. The molecule has 2 atom stereocenters. The first kappa shape index (κ1) is 17.9. The normalized spacial score (nSPS) is 20.4. The fourth-order valence-electron chi connectivity index (χ4n) is 2.58. The van der Waals surface area contributed by atoms with Crippen molar-refractivity contribution in [2.24, 2.45) is 0 Å². The average molecular weight is 334 g/mol. The summed E-state index contributed by atoms with van der Waals surface area (Å²) in [6.07, 6.45) is -0.0653. The Bertz CT molecular complexity index is 604. The van der Waals surface area contributed by atoms with Crippen LogP contribution < -0.4 is 5.32 Å². The summed E-state index contributed by atoms with van der Waals surface area (Å²) in [4.78, 5) is 36.7. The van der Waals surface area contributed by atoms with Gasteiger partial charge in [-0.25, -0.2) is 4.79 Å². The van der Waals surface area contributed by atoms with Gasteiger partial charge in [-0.2, -0.15) is 0 Å². The van der Waals surface area contributed by atoms with Crippen LogP contribution in [-0.4, -0.2) is 54.6 Å². The summed E-state index contributed by atoms with van der Waals surface area (Å²) in [6, 6.07) is 6.28. The van der Waals surface area contributed by atoms with Crippen molar-refractivity contribution in [3.8, 4) is 0 Å². The Kier molecular flexibility index (Phi) is 5.92. The van der Waals surface area contributed by atoms with Gasteiger partial charge in [0.15, 0.2) is 6.61 Å². The first-order chi connectivity index (χ1) is 11.3. The van der Waals surface area contributed by atoms with Crippen LogP contribution in [0.25, 0.3) is 0 Å². The van der Waals surface area contributed by atoms with E-state index in [1.54, 1.807) is 17.0 Å². The summed E-state index contributed by atoms with van der Waals surface area (Å²) < 4.78 is 10.6. The molecule has 2 amide bonds. The predicted molar refractivity (Wildman–Crippen MR) is 87.6 cm³/mol. The zero-order valence-corrected chi connectivity index (χ0v) is 14.1. The number of ether oxygens (including phenoxy) is 2. The van der Waals surface area contributed by atoms with Crippen molar-refractivity contribution in [3.05, 3.63) is 29.8 Å². The van der Waals surface area contributed by atoms with Gasteiger partial charge in [0.2, 0.25) is 5.91 Å². The van der Waals surface area contributed by atoms with E-state index in [1.807, 2.05) is 13.8 Å². The lowest BCUT2D eigenvalue weighted by Gasteiger charge is -2.35. The minimum absolute atomic E-state index is 0.0327. The number of carbonyl (C=O) groups is 3. The second-order valence-corrected chi connectivity index (χ2v) is 5.89. The molecule has 2 rings (SSSR count). The van der Waals surface area contributed by atoms with E-state index in [0.717, 1.165) is 0 Å². The van der Waals surface area contributed by atoms with Crippen LogP contribution in [0.3, 0.4) is 0 Å². The van der Waals surface area contributed by atoms with Gasteiger partial charge in [-0.05, 0) is 38.1 Å². The summed E-state index contributed by atoms with van der Waals surface area (Å²) in [7, 11) is 0. The Balaban J connectivity index is 1.86. The predicted octanol–water partition coefficient (Wildman–Crippen LogP) is 1.44. The Labute approximate surface area is 140 Å². The fraction of sp³-hybridized carbons (Fsp3) is 0.471. The molecule has 1 aromatic rings. The number of morpholine rings is 1. The molecule has 7 nitrogen and oxygen atoms in total. The van der Waals surface area contributed by atoms with Gasteiger partial charge in [0.1, 0.15) is 0 Å². The molecule has 1 aliphatic rings. The molecule has 130 valence electrons. The molecule has 0 spiro atoms. The maximum atomic E-state index is 12.1. The number of amides is 2. The minimum atomic E-state index is -0.577. The van der Waals surface area contributed by atoms with Crippen LogP contribution in [0.5, 0.6) is 0 Å². The molecule has 0 aromatic heterocycles. The van der Waals surface area contributed by atoms with Crippen molar-refractivity contribution in [1.29, 1.82) is 0 Å². The van der Waals surface area contributed by atoms with Crippen LogP contribution in [0.4, 0.5) is 5.69 Å². The highest BCUT2D eigenvalue weighted by Gasteiger charge is 2.26. The topological polar surface area (TPSA) is 84.9 Å². The number of hydrogen-bond acceptors (Lipinski definition) is 5. The van der Waals surface area contributed by atoms with Crippen molar-refractivity contribution >= 4 is 23.5 Å². The molecule has 1 saturated heterocycles. The largest absolute Gasteiger partial charge is 0.452 e. The standard InChI is InChI=1S/C17H22N2O5/c1-11-8-19(9-12(2)24-11)16(21)10-23-17(22)14-4-6-15(7-5-14)18-13(3)20/h4-7,11-12H,8-10H2,1-3H3,(H,18,20)/t11-,12-/m0/s1. The molecule has 0 unspecified atom stereocenters. The lowest BCUT2D eigenvalue weighted by atomic mass is 10.2. The van der Waals surface area contributed by atoms with E-state index in [9.17, 15) is 14.4 Å². The third-order valence-electron chi connectivity index (χ3n) is 3.54. The monoisotopic (exact) mass is 334 g/mol. The molecule has 1 aliphatic heterocycles. The van der Waals surface area contributed by atoms with E-state index in [0.29, 0.717) is 24.3 Å². The highest BCUT2D eigenvalue weighted by molar-refractivity contribution is 5.93. The van der Waals surface area contributed by atoms with Crippen LogP contribution in [0.15, 0.2) is 24.3 Å². The first-order valence-corrected chi connectivity index (χ1v) is 7.83. The quantitative estimate of drug-likeness (QED) is 0.842. The number of nitrogens with one attached hydrogen (secondary N) is 1. The van der Waals surface area contributed by atoms with E-state index < -0.39 is 5.97 Å². The van der Waals surface area contributed by atoms with Gasteiger partial charge in [-0.15, -0.1) is 0 Å². The molecule has 0 radical (unpaired) electrons. The van der Waals surface area contributed by atoms with E-state index >= 15 is 0 Å². The molecule has 1 fully saturated rings. The van der Waals surface area contributed by atoms with Crippen molar-refractivity contribution in [3.63, 3.8) is 0 Å². The lowest BCUT2D eigenvalue weighted by molar-refractivity contribution is -0.146. The van der Waals surface area contributed by atoms with Crippen LogP contribution in [0, 0.1) is 0 Å². The second kappa shape index (κ2) is 7.92. The molecular formula is C17H22N2O5. The Morgan fingerprint density at radius 2 is 1.75 bits per heavy atom. The molecule has 0 saturated carbocycles. The highest BCUT2D eigenvalue weighted by atomic mass is 16.5. The SMILES string of the molecule is CC(=O)Nc1ccc(C(=O)OCC(=O)N2C[C@H](C)O[C@@H](C)C2)cc1. The van der Waals surface area contributed by atoms with E-state index in [2.05, 4.69) is 5.32 Å². The first-order valence-electron chi connectivity index (χ1n) is 7.83. The Morgan fingerprint density at radius 3 is 2.29 bits per heavy atom. The molecule has 24 heavy (non-hydrogen) atoms. The maximum Gasteiger partial charge on any atom is 0.338 e. The zero-order valence-electron chi connectivity index (χ0n) is 14.1. The number of esters is 1. The van der Waals surface area contributed by atoms with E-state index in [4.69, 9.17) is 9.47 Å². The Morgan fingerprint density at radius 1 is 1.17 bits per heavy atom. The van der Waals surface area contributed by atoms with E-state index in [1.165, 1.54) is 19.1 Å². The molecule has 0 bridgehead atoms. The van der Waals surface area contributed by atoms with Gasteiger partial charge in [0.05, 0.1) is 17.8 Å². The molecule has 1 aromatic carbocycles. The second-order valence-electron chi connectivity index (χ2n) is 5.89. The summed E-state index contributed by atoms with van der Waals surface area (Å²) in [5.74, 6) is -1.00. The Hall–Kier alpha value is -2.41. The van der Waals surface area contributed by atoms with Gasteiger partial charge in [0.25, 0.3) is 5.91 Å². The van der Waals surface area contributed by atoms with Gasteiger partial charge in [-0.1, -0.05) is 0 Å². The zero-order chi connectivity index (χ0) is 17.7. The van der Waals surface area contributed by atoms with Gasteiger partial charge < -0.3 is 19.7 Å². The summed E-state index contributed by atoms with van der Waals surface area (Å²) in [6.45, 7) is 5.89. The molecule has 1 heterocycles. The van der Waals surface area contributed by atoms with Crippen molar-refractivity contribution in [2.75, 3.05) is 25.0 Å². The number of anilines is 1. The summed E-state index contributed by atoms with van der Waals surface area (Å²) >= 11 is 0. The number of nitrogens with zero attached hydrogens (tertiary/aromatic N) is 1. The van der Waals surface area contributed by atoms with E-state index in [-0.39, 0.29) is 30.6 Å². The van der Waals surface area contributed by atoms with Gasteiger partial charge in [0, 0.05) is 25.7 Å². The van der Waals surface area contributed by atoms with Gasteiger partial charge in [-0.3, -0.25) is 9.59 Å². The third kappa shape index (κ3) is 5.06. The maximum absolute atomic E-state index is 12.1. The van der Waals surface area contributed by atoms with Crippen molar-refractivity contribution in [1.82, 2.24) is 4.90 Å². The van der Waals surface area contributed by atoms with Crippen LogP contribution in [0.1, 0.15) is 31.1 Å². The minimum Gasteiger partial charge on any atom is -0.452 e. The smallest absolute Gasteiger partial charge is 0.338 e.